The van der Waals surface area contributed by atoms with Crippen molar-refractivity contribution in [1.82, 2.24) is 4.90 Å². The highest BCUT2D eigenvalue weighted by Crippen LogP contribution is 2.21. The monoisotopic (exact) mass is 355 g/mol. The molecule has 3 amide bonds. The molecule has 0 saturated carbocycles. The van der Waals surface area contributed by atoms with Crippen molar-refractivity contribution in [3.63, 3.8) is 0 Å². The summed E-state index contributed by atoms with van der Waals surface area (Å²) >= 11 is 0. The smallest absolute Gasteiger partial charge is 0.259 e. The van der Waals surface area contributed by atoms with Crippen molar-refractivity contribution in [2.45, 2.75) is 12.8 Å². The highest BCUT2D eigenvalue weighted by atomic mass is 19.1. The predicted molar refractivity (Wildman–Crippen MR) is 94.0 cm³/mol. The van der Waals surface area contributed by atoms with Crippen LogP contribution in [0, 0.1) is 5.82 Å². The van der Waals surface area contributed by atoms with Crippen LogP contribution in [0.1, 0.15) is 33.6 Å². The number of amides is 3. The van der Waals surface area contributed by atoms with E-state index in [9.17, 15) is 18.8 Å². The lowest BCUT2D eigenvalue weighted by Gasteiger charge is -2.28. The molecular formula is C19H18FN3O3. The van der Waals surface area contributed by atoms with Crippen molar-refractivity contribution in [3.8, 4) is 0 Å². The van der Waals surface area contributed by atoms with E-state index in [0.717, 1.165) is 12.5 Å². The van der Waals surface area contributed by atoms with Crippen LogP contribution in [0.2, 0.25) is 0 Å². The number of hydrogen-bond donors (Lipinski definition) is 1. The maximum atomic E-state index is 13.5. The molecule has 2 aromatic rings. The van der Waals surface area contributed by atoms with Gasteiger partial charge >= 0.3 is 0 Å². The van der Waals surface area contributed by atoms with Crippen LogP contribution < -0.4 is 10.6 Å². The first kappa shape index (κ1) is 17.6. The number of nitrogens with two attached hydrogens (primary N) is 1. The van der Waals surface area contributed by atoms with E-state index >= 15 is 0 Å². The standard InChI is InChI=1S/C19H18FN3O3/c20-15-4-1-3-14(11-15)19(26)23(12-22-10-2-5-17(22)24)16-8-6-13(7-9-16)18(21)25/h1,3-4,6-9,11H,2,5,10,12H2,(H2,21,25). The topological polar surface area (TPSA) is 83.7 Å². The van der Waals surface area contributed by atoms with Crippen LogP contribution in [-0.4, -0.2) is 35.8 Å². The molecule has 1 aliphatic heterocycles. The summed E-state index contributed by atoms with van der Waals surface area (Å²) in [7, 11) is 0. The first-order chi connectivity index (χ1) is 12.5. The van der Waals surface area contributed by atoms with E-state index in [-0.39, 0.29) is 18.1 Å². The SMILES string of the molecule is NC(=O)c1ccc(N(CN2CCCC2=O)C(=O)c2cccc(F)c2)cc1. The third-order valence-electron chi connectivity index (χ3n) is 4.26. The summed E-state index contributed by atoms with van der Waals surface area (Å²) in [4.78, 5) is 39.1. The first-order valence-corrected chi connectivity index (χ1v) is 8.21. The molecule has 1 aliphatic rings. The summed E-state index contributed by atoms with van der Waals surface area (Å²) in [6, 6.07) is 11.6. The van der Waals surface area contributed by atoms with Crippen LogP contribution >= 0.6 is 0 Å². The third-order valence-corrected chi connectivity index (χ3v) is 4.26. The number of carbonyl (C=O) groups excluding carboxylic acids is 3. The van der Waals surface area contributed by atoms with Gasteiger partial charge in [-0.3, -0.25) is 19.3 Å². The van der Waals surface area contributed by atoms with Gasteiger partial charge in [-0.2, -0.15) is 0 Å². The molecule has 3 rings (SSSR count). The van der Waals surface area contributed by atoms with E-state index in [1.54, 1.807) is 17.0 Å². The average Bonchev–Trinajstić information content (AvgIpc) is 3.04. The number of primary amides is 1. The fraction of sp³-hybridized carbons (Fsp3) is 0.211. The molecular weight excluding hydrogens is 337 g/mol. The lowest BCUT2D eigenvalue weighted by Crippen LogP contribution is -2.42. The predicted octanol–water partition coefficient (Wildman–Crippen LogP) is 2.15. The van der Waals surface area contributed by atoms with Crippen LogP contribution in [0.4, 0.5) is 10.1 Å². The maximum Gasteiger partial charge on any atom is 0.259 e. The summed E-state index contributed by atoms with van der Waals surface area (Å²) in [6.45, 7) is 0.620. The summed E-state index contributed by atoms with van der Waals surface area (Å²) in [5, 5.41) is 0. The summed E-state index contributed by atoms with van der Waals surface area (Å²) in [5.74, 6) is -1.56. The molecule has 0 spiro atoms. The third kappa shape index (κ3) is 3.72. The van der Waals surface area contributed by atoms with E-state index in [0.29, 0.717) is 24.2 Å². The van der Waals surface area contributed by atoms with Gasteiger partial charge in [0.2, 0.25) is 11.8 Å². The minimum atomic E-state index is -0.575. The van der Waals surface area contributed by atoms with Gasteiger partial charge in [0, 0.05) is 29.8 Å². The summed E-state index contributed by atoms with van der Waals surface area (Å²) in [6.07, 6.45) is 1.18. The van der Waals surface area contributed by atoms with Crippen LogP contribution in [0.25, 0.3) is 0 Å². The number of anilines is 1. The van der Waals surface area contributed by atoms with Crippen LogP contribution in [0.15, 0.2) is 48.5 Å². The fourth-order valence-corrected chi connectivity index (χ4v) is 2.87. The molecule has 0 aliphatic carbocycles. The fourth-order valence-electron chi connectivity index (χ4n) is 2.87. The van der Waals surface area contributed by atoms with Crippen LogP contribution in [0.3, 0.4) is 0 Å². The van der Waals surface area contributed by atoms with Gasteiger partial charge in [0.15, 0.2) is 0 Å². The molecule has 0 atom stereocenters. The molecule has 0 unspecified atom stereocenters. The maximum absolute atomic E-state index is 13.5. The van der Waals surface area contributed by atoms with Gasteiger partial charge in [-0.25, -0.2) is 4.39 Å². The zero-order chi connectivity index (χ0) is 18.7. The van der Waals surface area contributed by atoms with Gasteiger partial charge < -0.3 is 10.6 Å². The molecule has 0 radical (unpaired) electrons. The Hall–Kier alpha value is -3.22. The molecule has 0 aromatic heterocycles. The highest BCUT2D eigenvalue weighted by molar-refractivity contribution is 6.06. The van der Waals surface area contributed by atoms with E-state index in [1.165, 1.54) is 35.2 Å². The molecule has 1 saturated heterocycles. The Bertz CT molecular complexity index is 851. The Morgan fingerprint density at radius 1 is 1.12 bits per heavy atom. The second-order valence-corrected chi connectivity index (χ2v) is 6.06. The zero-order valence-corrected chi connectivity index (χ0v) is 14.0. The van der Waals surface area contributed by atoms with Gasteiger partial charge in [0.1, 0.15) is 12.5 Å². The van der Waals surface area contributed by atoms with E-state index in [1.807, 2.05) is 0 Å². The number of carbonyl (C=O) groups is 3. The molecule has 1 fully saturated rings. The molecule has 134 valence electrons. The van der Waals surface area contributed by atoms with E-state index in [2.05, 4.69) is 0 Å². The number of likely N-dealkylation sites (tertiary alicyclic amines) is 1. The van der Waals surface area contributed by atoms with Crippen molar-refractivity contribution in [2.24, 2.45) is 5.73 Å². The second kappa shape index (κ2) is 7.35. The normalized spacial score (nSPS) is 13.7. The second-order valence-electron chi connectivity index (χ2n) is 6.06. The van der Waals surface area contributed by atoms with Crippen molar-refractivity contribution < 1.29 is 18.8 Å². The zero-order valence-electron chi connectivity index (χ0n) is 14.0. The minimum Gasteiger partial charge on any atom is -0.366 e. The van der Waals surface area contributed by atoms with Crippen molar-refractivity contribution in [2.75, 3.05) is 18.1 Å². The van der Waals surface area contributed by atoms with E-state index < -0.39 is 17.6 Å². The Kier molecular flexibility index (Phi) is 4.97. The van der Waals surface area contributed by atoms with E-state index in [4.69, 9.17) is 5.73 Å². The Morgan fingerprint density at radius 3 is 2.42 bits per heavy atom. The van der Waals surface area contributed by atoms with Gasteiger partial charge in [0.05, 0.1) is 0 Å². The molecule has 1 heterocycles. The lowest BCUT2D eigenvalue weighted by molar-refractivity contribution is -0.127. The van der Waals surface area contributed by atoms with Gasteiger partial charge in [0.25, 0.3) is 5.91 Å². The minimum absolute atomic E-state index is 0.0317. The van der Waals surface area contributed by atoms with Crippen molar-refractivity contribution in [1.29, 1.82) is 0 Å². The van der Waals surface area contributed by atoms with Crippen molar-refractivity contribution in [3.05, 3.63) is 65.5 Å². The molecule has 7 heteroatoms. The van der Waals surface area contributed by atoms with Crippen LogP contribution in [0.5, 0.6) is 0 Å². The largest absolute Gasteiger partial charge is 0.366 e. The molecule has 2 aromatic carbocycles. The number of halogens is 1. The molecule has 26 heavy (non-hydrogen) atoms. The number of nitrogens with zero attached hydrogens (tertiary/aromatic N) is 2. The van der Waals surface area contributed by atoms with Crippen LogP contribution in [-0.2, 0) is 4.79 Å². The number of benzene rings is 2. The Labute approximate surface area is 150 Å². The van der Waals surface area contributed by atoms with Gasteiger partial charge in [-0.1, -0.05) is 6.07 Å². The van der Waals surface area contributed by atoms with Crippen molar-refractivity contribution >= 4 is 23.4 Å². The Balaban J connectivity index is 1.94. The molecule has 2 N–H and O–H groups in total. The Morgan fingerprint density at radius 2 is 1.85 bits per heavy atom. The highest BCUT2D eigenvalue weighted by Gasteiger charge is 2.26. The number of hydrogen-bond acceptors (Lipinski definition) is 3. The number of rotatable bonds is 5. The molecule has 0 bridgehead atoms. The summed E-state index contributed by atoms with van der Waals surface area (Å²) < 4.78 is 13.5. The van der Waals surface area contributed by atoms with Gasteiger partial charge in [-0.15, -0.1) is 0 Å². The molecule has 6 nitrogen and oxygen atoms in total. The average molecular weight is 355 g/mol. The summed E-state index contributed by atoms with van der Waals surface area (Å²) in [5.41, 5.74) is 6.22. The van der Waals surface area contributed by atoms with Gasteiger partial charge in [-0.05, 0) is 48.9 Å². The quantitative estimate of drug-likeness (QED) is 0.892. The first-order valence-electron chi connectivity index (χ1n) is 8.21. The lowest BCUT2D eigenvalue weighted by atomic mass is 10.1.